The number of likely N-dealkylation sites (tertiary alicyclic amines) is 2. The zero-order valence-corrected chi connectivity index (χ0v) is 11.8. The van der Waals surface area contributed by atoms with E-state index in [9.17, 15) is 9.59 Å². The molecule has 1 aromatic rings. The Balaban J connectivity index is 1.60. The number of rotatable bonds is 3. The Hall–Kier alpha value is -1.84. The van der Waals surface area contributed by atoms with Crippen LogP contribution in [0.1, 0.15) is 24.8 Å². The summed E-state index contributed by atoms with van der Waals surface area (Å²) in [5.41, 5.74) is 1.19. The Morgan fingerprint density at radius 2 is 2.00 bits per heavy atom. The summed E-state index contributed by atoms with van der Waals surface area (Å²) in [4.78, 5) is 27.8. The van der Waals surface area contributed by atoms with Gasteiger partial charge in [-0.15, -0.1) is 0 Å². The molecule has 2 aliphatic rings. The Morgan fingerprint density at radius 1 is 1.25 bits per heavy atom. The minimum Gasteiger partial charge on any atom is -0.341 e. The maximum atomic E-state index is 12.4. The Morgan fingerprint density at radius 3 is 2.75 bits per heavy atom. The fourth-order valence-corrected chi connectivity index (χ4v) is 3.39. The SMILES string of the molecule is CN1C(=O)C[C@H]2[C@H]1CCN2C(=O)CCc1ccccc1. The van der Waals surface area contributed by atoms with E-state index in [2.05, 4.69) is 0 Å². The molecule has 2 atom stereocenters. The fraction of sp³-hybridized carbons (Fsp3) is 0.500. The molecule has 2 heterocycles. The predicted molar refractivity (Wildman–Crippen MR) is 76.1 cm³/mol. The molecule has 20 heavy (non-hydrogen) atoms. The highest BCUT2D eigenvalue weighted by Gasteiger charge is 2.46. The number of hydrogen-bond acceptors (Lipinski definition) is 2. The van der Waals surface area contributed by atoms with Crippen molar-refractivity contribution in [1.82, 2.24) is 9.80 Å². The minimum atomic E-state index is 0.107. The van der Waals surface area contributed by atoms with Gasteiger partial charge in [-0.05, 0) is 18.4 Å². The average molecular weight is 272 g/mol. The Labute approximate surface area is 119 Å². The monoisotopic (exact) mass is 272 g/mol. The van der Waals surface area contributed by atoms with Crippen LogP contribution in [0, 0.1) is 0 Å². The number of carbonyl (C=O) groups excluding carboxylic acids is 2. The first-order valence-corrected chi connectivity index (χ1v) is 7.26. The molecule has 2 aliphatic heterocycles. The van der Waals surface area contributed by atoms with Crippen LogP contribution >= 0.6 is 0 Å². The number of carbonyl (C=O) groups is 2. The highest BCUT2D eigenvalue weighted by molar-refractivity contribution is 5.83. The maximum absolute atomic E-state index is 12.4. The first kappa shape index (κ1) is 13.2. The van der Waals surface area contributed by atoms with E-state index in [0.29, 0.717) is 12.8 Å². The lowest BCUT2D eigenvalue weighted by molar-refractivity contribution is -0.132. The van der Waals surface area contributed by atoms with E-state index in [4.69, 9.17) is 0 Å². The average Bonchev–Trinajstić information content (AvgIpc) is 2.99. The van der Waals surface area contributed by atoms with E-state index in [-0.39, 0.29) is 23.9 Å². The summed E-state index contributed by atoms with van der Waals surface area (Å²) < 4.78 is 0. The molecule has 0 saturated carbocycles. The first-order valence-electron chi connectivity index (χ1n) is 7.26. The molecular weight excluding hydrogens is 252 g/mol. The molecule has 1 aromatic carbocycles. The van der Waals surface area contributed by atoms with Crippen molar-refractivity contribution in [2.24, 2.45) is 0 Å². The summed E-state index contributed by atoms with van der Waals surface area (Å²) in [7, 11) is 1.85. The van der Waals surface area contributed by atoms with Crippen LogP contribution in [0.15, 0.2) is 30.3 Å². The third kappa shape index (κ3) is 2.30. The zero-order chi connectivity index (χ0) is 14.1. The van der Waals surface area contributed by atoms with Gasteiger partial charge in [-0.25, -0.2) is 0 Å². The molecule has 2 fully saturated rings. The van der Waals surface area contributed by atoms with Crippen LogP contribution in [0.25, 0.3) is 0 Å². The molecule has 0 bridgehead atoms. The van der Waals surface area contributed by atoms with Crippen LogP contribution in [-0.2, 0) is 16.0 Å². The molecule has 4 nitrogen and oxygen atoms in total. The third-order valence-corrected chi connectivity index (χ3v) is 4.58. The van der Waals surface area contributed by atoms with Gasteiger partial charge in [0.25, 0.3) is 0 Å². The molecule has 4 heteroatoms. The van der Waals surface area contributed by atoms with E-state index in [0.717, 1.165) is 19.4 Å². The topological polar surface area (TPSA) is 40.6 Å². The molecule has 106 valence electrons. The van der Waals surface area contributed by atoms with Gasteiger partial charge < -0.3 is 9.80 Å². The van der Waals surface area contributed by atoms with Crippen LogP contribution < -0.4 is 0 Å². The van der Waals surface area contributed by atoms with Crippen molar-refractivity contribution < 1.29 is 9.59 Å². The quantitative estimate of drug-likeness (QED) is 0.835. The molecule has 0 aromatic heterocycles. The number of likely N-dealkylation sites (N-methyl/N-ethyl adjacent to an activating group) is 1. The van der Waals surface area contributed by atoms with Crippen molar-refractivity contribution in [2.45, 2.75) is 37.8 Å². The van der Waals surface area contributed by atoms with Crippen molar-refractivity contribution in [1.29, 1.82) is 0 Å². The van der Waals surface area contributed by atoms with Gasteiger partial charge >= 0.3 is 0 Å². The van der Waals surface area contributed by atoms with Gasteiger partial charge in [-0.2, -0.15) is 0 Å². The van der Waals surface area contributed by atoms with Crippen molar-refractivity contribution in [3.05, 3.63) is 35.9 Å². The third-order valence-electron chi connectivity index (χ3n) is 4.58. The summed E-state index contributed by atoms with van der Waals surface area (Å²) in [6.45, 7) is 0.792. The van der Waals surface area contributed by atoms with Crippen LogP contribution in [0.2, 0.25) is 0 Å². The number of fused-ring (bicyclic) bond motifs is 1. The normalized spacial score (nSPS) is 25.1. The standard InChI is InChI=1S/C16H20N2O2/c1-17-13-9-10-18(14(13)11-16(17)20)15(19)8-7-12-5-3-2-4-6-12/h2-6,13-14H,7-11H2,1H3/t13-,14+/m1/s1. The van der Waals surface area contributed by atoms with Crippen molar-refractivity contribution in [3.63, 3.8) is 0 Å². The van der Waals surface area contributed by atoms with Gasteiger partial charge in [0, 0.05) is 26.4 Å². The minimum absolute atomic E-state index is 0.107. The fourth-order valence-electron chi connectivity index (χ4n) is 3.39. The zero-order valence-electron chi connectivity index (χ0n) is 11.8. The second kappa shape index (κ2) is 5.27. The number of benzene rings is 1. The lowest BCUT2D eigenvalue weighted by atomic mass is 10.1. The van der Waals surface area contributed by atoms with Gasteiger partial charge in [0.2, 0.25) is 11.8 Å². The number of nitrogens with zero attached hydrogens (tertiary/aromatic N) is 2. The lowest BCUT2D eigenvalue weighted by Gasteiger charge is -2.23. The van der Waals surface area contributed by atoms with Crippen molar-refractivity contribution in [2.75, 3.05) is 13.6 Å². The van der Waals surface area contributed by atoms with Crippen LogP contribution in [0.5, 0.6) is 0 Å². The highest BCUT2D eigenvalue weighted by atomic mass is 16.2. The van der Waals surface area contributed by atoms with Crippen molar-refractivity contribution in [3.8, 4) is 0 Å². The molecule has 2 saturated heterocycles. The smallest absolute Gasteiger partial charge is 0.224 e. The number of aryl methyl sites for hydroxylation is 1. The van der Waals surface area contributed by atoms with Gasteiger partial charge in [-0.1, -0.05) is 30.3 Å². The van der Waals surface area contributed by atoms with Crippen LogP contribution in [0.3, 0.4) is 0 Å². The van der Waals surface area contributed by atoms with Crippen LogP contribution in [-0.4, -0.2) is 47.3 Å². The number of hydrogen-bond donors (Lipinski definition) is 0. The first-order chi connectivity index (χ1) is 9.66. The largest absolute Gasteiger partial charge is 0.341 e. The second-order valence-electron chi connectivity index (χ2n) is 5.70. The summed E-state index contributed by atoms with van der Waals surface area (Å²) in [5.74, 6) is 0.352. The molecule has 0 unspecified atom stereocenters. The molecule has 0 aliphatic carbocycles. The van der Waals surface area contributed by atoms with Crippen molar-refractivity contribution >= 4 is 11.8 Å². The number of amides is 2. The van der Waals surface area contributed by atoms with E-state index < -0.39 is 0 Å². The summed E-state index contributed by atoms with van der Waals surface area (Å²) in [6, 6.07) is 10.4. The molecule has 3 rings (SSSR count). The molecule has 0 spiro atoms. The summed E-state index contributed by atoms with van der Waals surface area (Å²) in [5, 5.41) is 0. The molecule has 0 radical (unpaired) electrons. The van der Waals surface area contributed by atoms with Gasteiger partial charge in [-0.3, -0.25) is 9.59 Å². The highest BCUT2D eigenvalue weighted by Crippen LogP contribution is 2.31. The Kier molecular flexibility index (Phi) is 3.47. The molecule has 2 amide bonds. The lowest BCUT2D eigenvalue weighted by Crippen LogP contribution is -2.39. The Bertz CT molecular complexity index is 514. The molecular formula is C16H20N2O2. The van der Waals surface area contributed by atoms with Gasteiger partial charge in [0.1, 0.15) is 0 Å². The van der Waals surface area contributed by atoms with Gasteiger partial charge in [0.15, 0.2) is 0 Å². The van der Waals surface area contributed by atoms with E-state index in [1.165, 1.54) is 5.56 Å². The summed E-state index contributed by atoms with van der Waals surface area (Å²) >= 11 is 0. The summed E-state index contributed by atoms with van der Waals surface area (Å²) in [6.07, 6.45) is 2.73. The maximum Gasteiger partial charge on any atom is 0.224 e. The predicted octanol–water partition coefficient (Wildman–Crippen LogP) is 1.45. The second-order valence-corrected chi connectivity index (χ2v) is 5.70. The van der Waals surface area contributed by atoms with E-state index in [1.54, 1.807) is 0 Å². The van der Waals surface area contributed by atoms with Crippen LogP contribution in [0.4, 0.5) is 0 Å². The van der Waals surface area contributed by atoms with Gasteiger partial charge in [0.05, 0.1) is 12.1 Å². The molecule has 0 N–H and O–H groups in total. The van der Waals surface area contributed by atoms with E-state index in [1.807, 2.05) is 47.2 Å². The van der Waals surface area contributed by atoms with E-state index >= 15 is 0 Å².